The van der Waals surface area contributed by atoms with E-state index in [1.807, 2.05) is 0 Å². The van der Waals surface area contributed by atoms with Crippen LogP contribution in [-0.4, -0.2) is 42.1 Å². The third-order valence-corrected chi connectivity index (χ3v) is 3.37. The van der Waals surface area contributed by atoms with Crippen molar-refractivity contribution in [2.24, 2.45) is 0 Å². The molecule has 98 valence electrons. The summed E-state index contributed by atoms with van der Waals surface area (Å²) in [6.45, 7) is 1.77. The predicted octanol–water partition coefficient (Wildman–Crippen LogP) is 1.36. The molecule has 0 spiro atoms. The van der Waals surface area contributed by atoms with Crippen LogP contribution in [0.2, 0.25) is 0 Å². The van der Waals surface area contributed by atoms with E-state index < -0.39 is 5.82 Å². The maximum absolute atomic E-state index is 12.9. The van der Waals surface area contributed by atoms with E-state index in [4.69, 9.17) is 0 Å². The van der Waals surface area contributed by atoms with Gasteiger partial charge in [-0.3, -0.25) is 4.79 Å². The molecule has 0 aliphatic carbocycles. The Morgan fingerprint density at radius 3 is 2.72 bits per heavy atom. The van der Waals surface area contributed by atoms with E-state index in [1.165, 1.54) is 12.1 Å². The third-order valence-electron chi connectivity index (χ3n) is 3.37. The van der Waals surface area contributed by atoms with Gasteiger partial charge in [-0.1, -0.05) is 0 Å². The second kappa shape index (κ2) is 5.35. The number of hydrogen-bond acceptors (Lipinski definition) is 3. The highest BCUT2D eigenvalue weighted by Gasteiger charge is 2.24. The Balaban J connectivity index is 2.14. The van der Waals surface area contributed by atoms with Crippen LogP contribution in [0.4, 0.5) is 4.39 Å². The monoisotopic (exact) mass is 252 g/mol. The first-order chi connectivity index (χ1) is 8.59. The lowest BCUT2D eigenvalue weighted by atomic mass is 10.0. The van der Waals surface area contributed by atoms with E-state index in [0.29, 0.717) is 0 Å². The zero-order valence-corrected chi connectivity index (χ0v) is 10.3. The predicted molar refractivity (Wildman–Crippen MR) is 66.1 cm³/mol. The first-order valence-electron chi connectivity index (χ1n) is 6.06. The Hall–Kier alpha value is -1.62. The number of benzene rings is 1. The molecule has 1 aromatic rings. The maximum Gasteiger partial charge on any atom is 0.257 e. The standard InChI is InChI=1S/C13H17FN2O2/c1-16(10-4-6-15-7-5-10)13(18)11-3-2-9(14)8-12(11)17/h2-3,8,10,15,17H,4-7H2,1H3. The van der Waals surface area contributed by atoms with Crippen LogP contribution in [-0.2, 0) is 0 Å². The second-order valence-electron chi connectivity index (χ2n) is 4.56. The van der Waals surface area contributed by atoms with E-state index in [2.05, 4.69) is 5.32 Å². The molecule has 0 atom stereocenters. The second-order valence-corrected chi connectivity index (χ2v) is 4.56. The van der Waals surface area contributed by atoms with Crippen LogP contribution < -0.4 is 5.32 Å². The SMILES string of the molecule is CN(C(=O)c1ccc(F)cc1O)C1CCNCC1. The van der Waals surface area contributed by atoms with Gasteiger partial charge in [-0.05, 0) is 38.1 Å². The highest BCUT2D eigenvalue weighted by molar-refractivity contribution is 5.96. The summed E-state index contributed by atoms with van der Waals surface area (Å²) in [6, 6.07) is 3.64. The molecule has 5 heteroatoms. The van der Waals surface area contributed by atoms with Gasteiger partial charge in [0.25, 0.3) is 5.91 Å². The summed E-state index contributed by atoms with van der Waals surface area (Å²) in [5.41, 5.74) is 0.150. The Morgan fingerprint density at radius 1 is 1.44 bits per heavy atom. The summed E-state index contributed by atoms with van der Waals surface area (Å²) in [5, 5.41) is 12.8. The number of hydrogen-bond donors (Lipinski definition) is 2. The molecular weight excluding hydrogens is 235 g/mol. The minimum Gasteiger partial charge on any atom is -0.507 e. The molecule has 0 unspecified atom stereocenters. The molecule has 0 aromatic heterocycles. The zero-order chi connectivity index (χ0) is 13.1. The molecule has 1 heterocycles. The van der Waals surface area contributed by atoms with Gasteiger partial charge < -0.3 is 15.3 Å². The molecule has 0 saturated carbocycles. The maximum atomic E-state index is 12.9. The van der Waals surface area contributed by atoms with Crippen molar-refractivity contribution in [1.29, 1.82) is 0 Å². The summed E-state index contributed by atoms with van der Waals surface area (Å²) < 4.78 is 12.9. The van der Waals surface area contributed by atoms with Gasteiger partial charge in [0.1, 0.15) is 11.6 Å². The largest absolute Gasteiger partial charge is 0.507 e. The van der Waals surface area contributed by atoms with Gasteiger partial charge >= 0.3 is 0 Å². The fourth-order valence-electron chi connectivity index (χ4n) is 2.24. The topological polar surface area (TPSA) is 52.6 Å². The zero-order valence-electron chi connectivity index (χ0n) is 10.3. The minimum absolute atomic E-state index is 0.150. The average molecular weight is 252 g/mol. The molecule has 1 amide bonds. The smallest absolute Gasteiger partial charge is 0.257 e. The third kappa shape index (κ3) is 2.61. The molecular formula is C13H17FN2O2. The Labute approximate surface area is 105 Å². The molecule has 1 aromatic carbocycles. The fraction of sp³-hybridized carbons (Fsp3) is 0.462. The van der Waals surface area contributed by atoms with Crippen LogP contribution >= 0.6 is 0 Å². The number of nitrogens with one attached hydrogen (secondary N) is 1. The van der Waals surface area contributed by atoms with Crippen molar-refractivity contribution >= 4 is 5.91 Å². The molecule has 0 bridgehead atoms. The lowest BCUT2D eigenvalue weighted by molar-refractivity contribution is 0.0700. The van der Waals surface area contributed by atoms with Gasteiger partial charge in [-0.2, -0.15) is 0 Å². The lowest BCUT2D eigenvalue weighted by Gasteiger charge is -2.31. The molecule has 2 N–H and O–H groups in total. The Kier molecular flexibility index (Phi) is 3.81. The first kappa shape index (κ1) is 12.8. The number of aromatic hydroxyl groups is 1. The average Bonchev–Trinajstić information content (AvgIpc) is 2.38. The quantitative estimate of drug-likeness (QED) is 0.835. The Bertz CT molecular complexity index is 445. The number of piperidine rings is 1. The molecule has 4 nitrogen and oxygen atoms in total. The van der Waals surface area contributed by atoms with Crippen molar-refractivity contribution in [3.8, 4) is 5.75 Å². The first-order valence-corrected chi connectivity index (χ1v) is 6.06. The van der Waals surface area contributed by atoms with Crippen LogP contribution in [0.25, 0.3) is 0 Å². The van der Waals surface area contributed by atoms with E-state index in [0.717, 1.165) is 32.0 Å². The highest BCUT2D eigenvalue weighted by atomic mass is 19.1. The van der Waals surface area contributed by atoms with Crippen LogP contribution in [0, 0.1) is 5.82 Å². The van der Waals surface area contributed by atoms with Crippen molar-refractivity contribution in [3.05, 3.63) is 29.6 Å². The summed E-state index contributed by atoms with van der Waals surface area (Å²) >= 11 is 0. The van der Waals surface area contributed by atoms with Gasteiger partial charge in [0, 0.05) is 19.2 Å². The minimum atomic E-state index is -0.548. The number of carbonyl (C=O) groups is 1. The summed E-state index contributed by atoms with van der Waals surface area (Å²) in [6.07, 6.45) is 1.79. The van der Waals surface area contributed by atoms with Crippen LogP contribution in [0.3, 0.4) is 0 Å². The number of halogens is 1. The van der Waals surface area contributed by atoms with Gasteiger partial charge in [-0.25, -0.2) is 4.39 Å². The van der Waals surface area contributed by atoms with Gasteiger partial charge in [0.05, 0.1) is 5.56 Å². The fourth-order valence-corrected chi connectivity index (χ4v) is 2.24. The summed E-state index contributed by atoms with van der Waals surface area (Å²) in [5.74, 6) is -1.12. The van der Waals surface area contributed by atoms with Crippen LogP contribution in [0.1, 0.15) is 23.2 Å². The number of amides is 1. The van der Waals surface area contributed by atoms with E-state index in [1.54, 1.807) is 11.9 Å². The molecule has 1 aliphatic rings. The molecule has 2 rings (SSSR count). The Morgan fingerprint density at radius 2 is 2.11 bits per heavy atom. The molecule has 1 aliphatic heterocycles. The van der Waals surface area contributed by atoms with Gasteiger partial charge in [0.2, 0.25) is 0 Å². The number of rotatable bonds is 2. The summed E-state index contributed by atoms with van der Waals surface area (Å²) in [4.78, 5) is 13.8. The highest BCUT2D eigenvalue weighted by Crippen LogP contribution is 2.21. The molecule has 1 fully saturated rings. The number of nitrogens with zero attached hydrogens (tertiary/aromatic N) is 1. The van der Waals surface area contributed by atoms with E-state index >= 15 is 0 Å². The van der Waals surface area contributed by atoms with Crippen molar-refractivity contribution in [1.82, 2.24) is 10.2 Å². The lowest BCUT2D eigenvalue weighted by Crippen LogP contribution is -2.43. The molecule has 0 radical (unpaired) electrons. The normalized spacial score (nSPS) is 16.6. The molecule has 1 saturated heterocycles. The number of phenolic OH excluding ortho intramolecular Hbond substituents is 1. The van der Waals surface area contributed by atoms with Crippen molar-refractivity contribution in [2.75, 3.05) is 20.1 Å². The number of carbonyl (C=O) groups excluding carboxylic acids is 1. The van der Waals surface area contributed by atoms with Crippen molar-refractivity contribution < 1.29 is 14.3 Å². The van der Waals surface area contributed by atoms with Gasteiger partial charge in [0.15, 0.2) is 0 Å². The van der Waals surface area contributed by atoms with E-state index in [9.17, 15) is 14.3 Å². The summed E-state index contributed by atoms with van der Waals surface area (Å²) in [7, 11) is 1.72. The van der Waals surface area contributed by atoms with Crippen LogP contribution in [0.15, 0.2) is 18.2 Å². The van der Waals surface area contributed by atoms with Crippen molar-refractivity contribution in [3.63, 3.8) is 0 Å². The van der Waals surface area contributed by atoms with Crippen molar-refractivity contribution in [2.45, 2.75) is 18.9 Å². The van der Waals surface area contributed by atoms with Gasteiger partial charge in [-0.15, -0.1) is 0 Å². The van der Waals surface area contributed by atoms with Crippen LogP contribution in [0.5, 0.6) is 5.75 Å². The van der Waals surface area contributed by atoms with E-state index in [-0.39, 0.29) is 23.3 Å². The number of phenols is 1. The molecule has 18 heavy (non-hydrogen) atoms.